The standard InChI is InChI=1S/C19H28N4O4/c1-5-16-15(19(26)27-4)9-14-10-21(11-18(25)23(14)16)17(24)6-7-22-13(3)8-12(2)20-22/h8,14-16H,5-7,9-11H2,1-4H3/t14-,15-,16-/m0/s1. The Morgan fingerprint density at radius 1 is 1.33 bits per heavy atom. The van der Waals surface area contributed by atoms with E-state index in [9.17, 15) is 14.4 Å². The van der Waals surface area contributed by atoms with Crippen molar-refractivity contribution in [1.29, 1.82) is 0 Å². The second-order valence-electron chi connectivity index (χ2n) is 7.47. The Bertz CT molecular complexity index is 744. The zero-order valence-electron chi connectivity index (χ0n) is 16.5. The summed E-state index contributed by atoms with van der Waals surface area (Å²) < 4.78 is 6.74. The molecule has 0 N–H and O–H groups in total. The van der Waals surface area contributed by atoms with E-state index in [1.165, 1.54) is 7.11 Å². The van der Waals surface area contributed by atoms with E-state index >= 15 is 0 Å². The van der Waals surface area contributed by atoms with Crippen LogP contribution in [0.2, 0.25) is 0 Å². The van der Waals surface area contributed by atoms with Gasteiger partial charge >= 0.3 is 5.97 Å². The molecule has 8 heteroatoms. The van der Waals surface area contributed by atoms with Gasteiger partial charge < -0.3 is 14.5 Å². The Hall–Kier alpha value is -2.38. The maximum Gasteiger partial charge on any atom is 0.310 e. The summed E-state index contributed by atoms with van der Waals surface area (Å²) in [6, 6.07) is 1.73. The summed E-state index contributed by atoms with van der Waals surface area (Å²) in [5.41, 5.74) is 1.94. The van der Waals surface area contributed by atoms with Crippen LogP contribution in [0, 0.1) is 19.8 Å². The number of carbonyl (C=O) groups is 3. The first-order valence-electron chi connectivity index (χ1n) is 9.53. The van der Waals surface area contributed by atoms with Crippen molar-refractivity contribution in [3.8, 4) is 0 Å². The van der Waals surface area contributed by atoms with E-state index < -0.39 is 0 Å². The van der Waals surface area contributed by atoms with Crippen LogP contribution in [0.15, 0.2) is 6.07 Å². The molecule has 0 aromatic carbocycles. The van der Waals surface area contributed by atoms with E-state index in [-0.39, 0.29) is 42.3 Å². The number of amides is 2. The van der Waals surface area contributed by atoms with Crippen molar-refractivity contribution in [1.82, 2.24) is 19.6 Å². The molecule has 2 saturated heterocycles. The normalized spacial score (nSPS) is 24.9. The highest BCUT2D eigenvalue weighted by atomic mass is 16.5. The molecule has 3 rings (SSSR count). The number of carbonyl (C=O) groups excluding carboxylic acids is 3. The average molecular weight is 376 g/mol. The molecule has 8 nitrogen and oxygen atoms in total. The van der Waals surface area contributed by atoms with E-state index in [1.54, 1.807) is 4.90 Å². The molecule has 1 aromatic rings. The molecule has 0 bridgehead atoms. The highest BCUT2D eigenvalue weighted by molar-refractivity contribution is 5.88. The van der Waals surface area contributed by atoms with Crippen LogP contribution in [-0.4, -0.2) is 69.6 Å². The van der Waals surface area contributed by atoms with Gasteiger partial charge in [0.15, 0.2) is 0 Å². The number of nitrogens with zero attached hydrogens (tertiary/aromatic N) is 4. The van der Waals surface area contributed by atoms with Gasteiger partial charge in [0.05, 0.1) is 31.3 Å². The summed E-state index contributed by atoms with van der Waals surface area (Å²) in [7, 11) is 1.38. The number of esters is 1. The van der Waals surface area contributed by atoms with Gasteiger partial charge in [0.25, 0.3) is 0 Å². The van der Waals surface area contributed by atoms with Gasteiger partial charge in [-0.15, -0.1) is 0 Å². The average Bonchev–Trinajstić information content (AvgIpc) is 3.18. The van der Waals surface area contributed by atoms with Crippen molar-refractivity contribution in [3.05, 3.63) is 17.5 Å². The number of aromatic nitrogens is 2. The second kappa shape index (κ2) is 7.70. The molecule has 2 aliphatic rings. The first-order valence-corrected chi connectivity index (χ1v) is 9.53. The number of hydrogen-bond donors (Lipinski definition) is 0. The molecule has 0 saturated carbocycles. The Balaban J connectivity index is 1.65. The molecule has 1 aromatic heterocycles. The fourth-order valence-electron chi connectivity index (χ4n) is 4.48. The zero-order chi connectivity index (χ0) is 19.7. The van der Waals surface area contributed by atoms with Crippen LogP contribution in [0.5, 0.6) is 0 Å². The summed E-state index contributed by atoms with van der Waals surface area (Å²) >= 11 is 0. The predicted molar refractivity (Wildman–Crippen MR) is 97.7 cm³/mol. The number of ether oxygens (including phenoxy) is 1. The minimum absolute atomic E-state index is 0.0508. The maximum absolute atomic E-state index is 12.7. The van der Waals surface area contributed by atoms with Crippen LogP contribution < -0.4 is 0 Å². The third-order valence-electron chi connectivity index (χ3n) is 5.70. The number of aryl methyl sites for hydroxylation is 3. The number of fused-ring (bicyclic) bond motifs is 1. The van der Waals surface area contributed by atoms with Gasteiger partial charge in [0.2, 0.25) is 11.8 Å². The lowest BCUT2D eigenvalue weighted by Crippen LogP contribution is -2.57. The monoisotopic (exact) mass is 376 g/mol. The van der Waals surface area contributed by atoms with Crippen molar-refractivity contribution in [3.63, 3.8) is 0 Å². The molecule has 2 aliphatic heterocycles. The fraction of sp³-hybridized carbons (Fsp3) is 0.684. The van der Waals surface area contributed by atoms with Crippen LogP contribution in [0.4, 0.5) is 0 Å². The molecule has 27 heavy (non-hydrogen) atoms. The van der Waals surface area contributed by atoms with Crippen molar-refractivity contribution in [2.75, 3.05) is 20.2 Å². The SMILES string of the molecule is CC[C@H]1[C@@H](C(=O)OC)C[C@H]2CN(C(=O)CCn3nc(C)cc3C)CC(=O)N21. The van der Waals surface area contributed by atoms with Gasteiger partial charge in [-0.2, -0.15) is 5.10 Å². The van der Waals surface area contributed by atoms with Crippen LogP contribution in [-0.2, 0) is 25.7 Å². The molecular weight excluding hydrogens is 348 g/mol. The summed E-state index contributed by atoms with van der Waals surface area (Å²) in [4.78, 5) is 40.9. The van der Waals surface area contributed by atoms with Gasteiger partial charge in [-0.25, -0.2) is 0 Å². The topological polar surface area (TPSA) is 84.7 Å². The number of piperazine rings is 1. The van der Waals surface area contributed by atoms with E-state index in [0.717, 1.165) is 11.4 Å². The van der Waals surface area contributed by atoms with Crippen LogP contribution in [0.1, 0.15) is 37.6 Å². The van der Waals surface area contributed by atoms with Crippen LogP contribution >= 0.6 is 0 Å². The molecule has 2 amide bonds. The van der Waals surface area contributed by atoms with Crippen molar-refractivity contribution >= 4 is 17.8 Å². The molecular formula is C19H28N4O4. The predicted octanol–water partition coefficient (Wildman–Crippen LogP) is 0.901. The van der Waals surface area contributed by atoms with Crippen molar-refractivity contribution < 1.29 is 19.1 Å². The van der Waals surface area contributed by atoms with E-state index in [0.29, 0.717) is 32.4 Å². The third-order valence-corrected chi connectivity index (χ3v) is 5.70. The molecule has 3 heterocycles. The molecule has 0 spiro atoms. The number of methoxy groups -OCH3 is 1. The lowest BCUT2D eigenvalue weighted by Gasteiger charge is -2.39. The largest absolute Gasteiger partial charge is 0.469 e. The highest BCUT2D eigenvalue weighted by Gasteiger charge is 2.49. The second-order valence-corrected chi connectivity index (χ2v) is 7.47. The Morgan fingerprint density at radius 3 is 2.67 bits per heavy atom. The molecule has 2 fully saturated rings. The maximum atomic E-state index is 12.7. The van der Waals surface area contributed by atoms with E-state index in [1.807, 2.05) is 36.4 Å². The molecule has 0 unspecified atom stereocenters. The fourth-order valence-corrected chi connectivity index (χ4v) is 4.48. The van der Waals surface area contributed by atoms with E-state index in [2.05, 4.69) is 5.10 Å². The Morgan fingerprint density at radius 2 is 2.07 bits per heavy atom. The Kier molecular flexibility index (Phi) is 5.53. The first kappa shape index (κ1) is 19.4. The third kappa shape index (κ3) is 3.70. The van der Waals surface area contributed by atoms with Gasteiger partial charge in [0, 0.05) is 31.2 Å². The molecule has 0 radical (unpaired) electrons. The molecule has 3 atom stereocenters. The summed E-state index contributed by atoms with van der Waals surface area (Å²) in [6.07, 6.45) is 1.56. The highest BCUT2D eigenvalue weighted by Crippen LogP contribution is 2.35. The summed E-state index contributed by atoms with van der Waals surface area (Å²) in [5.74, 6) is -0.709. The summed E-state index contributed by atoms with van der Waals surface area (Å²) in [6.45, 7) is 6.92. The van der Waals surface area contributed by atoms with Crippen LogP contribution in [0.25, 0.3) is 0 Å². The quantitative estimate of drug-likeness (QED) is 0.713. The van der Waals surface area contributed by atoms with Gasteiger partial charge in [-0.05, 0) is 32.8 Å². The van der Waals surface area contributed by atoms with E-state index in [4.69, 9.17) is 4.74 Å². The first-order chi connectivity index (χ1) is 12.8. The zero-order valence-corrected chi connectivity index (χ0v) is 16.5. The smallest absolute Gasteiger partial charge is 0.310 e. The number of hydrogen-bond acceptors (Lipinski definition) is 5. The molecule has 0 aliphatic carbocycles. The van der Waals surface area contributed by atoms with Crippen molar-refractivity contribution in [2.45, 2.75) is 58.7 Å². The van der Waals surface area contributed by atoms with Crippen LogP contribution in [0.3, 0.4) is 0 Å². The Labute approximate surface area is 159 Å². The minimum atomic E-state index is -0.307. The van der Waals surface area contributed by atoms with Gasteiger partial charge in [-0.1, -0.05) is 6.92 Å². The van der Waals surface area contributed by atoms with Crippen molar-refractivity contribution in [2.24, 2.45) is 5.92 Å². The summed E-state index contributed by atoms with van der Waals surface area (Å²) in [5, 5.41) is 4.37. The van der Waals surface area contributed by atoms with Gasteiger partial charge in [-0.3, -0.25) is 19.1 Å². The number of rotatable bonds is 5. The minimum Gasteiger partial charge on any atom is -0.469 e. The van der Waals surface area contributed by atoms with Gasteiger partial charge in [0.1, 0.15) is 0 Å². The lowest BCUT2D eigenvalue weighted by molar-refractivity contribution is -0.150. The lowest BCUT2D eigenvalue weighted by atomic mass is 9.97. The molecule has 148 valence electrons.